The third kappa shape index (κ3) is 1.55. The van der Waals surface area contributed by atoms with E-state index in [1.807, 2.05) is 12.1 Å². The van der Waals surface area contributed by atoms with E-state index < -0.39 is 0 Å². The molecule has 1 heterocycles. The van der Waals surface area contributed by atoms with Gasteiger partial charge < -0.3 is 4.74 Å². The zero-order chi connectivity index (χ0) is 10.1. The zero-order valence-corrected chi connectivity index (χ0v) is 9.63. The molecular formula is C9H6BrClN2O. The molecule has 0 radical (unpaired) electrons. The number of rotatable bonds is 1. The van der Waals surface area contributed by atoms with Crippen molar-refractivity contribution in [2.45, 2.75) is 0 Å². The van der Waals surface area contributed by atoms with E-state index in [9.17, 15) is 0 Å². The lowest BCUT2D eigenvalue weighted by Gasteiger charge is -2.05. The Kier molecular flexibility index (Phi) is 2.56. The number of hydrogen-bond acceptors (Lipinski definition) is 3. The molecule has 3 nitrogen and oxygen atoms in total. The maximum Gasteiger partial charge on any atom is 0.146 e. The Hall–Kier alpha value is -0.870. The summed E-state index contributed by atoms with van der Waals surface area (Å²) >= 11 is 9.29. The summed E-state index contributed by atoms with van der Waals surface area (Å²) in [6.07, 6.45) is 1.42. The highest BCUT2D eigenvalue weighted by atomic mass is 79.9. The van der Waals surface area contributed by atoms with E-state index in [1.54, 1.807) is 7.11 Å². The van der Waals surface area contributed by atoms with E-state index in [2.05, 4.69) is 25.9 Å². The van der Waals surface area contributed by atoms with Crippen molar-refractivity contribution in [1.29, 1.82) is 0 Å². The van der Waals surface area contributed by atoms with Gasteiger partial charge in [-0.1, -0.05) is 27.5 Å². The predicted octanol–water partition coefficient (Wildman–Crippen LogP) is 3.05. The van der Waals surface area contributed by atoms with Gasteiger partial charge in [0.25, 0.3) is 0 Å². The van der Waals surface area contributed by atoms with Crippen LogP contribution in [-0.2, 0) is 0 Å². The van der Waals surface area contributed by atoms with Gasteiger partial charge in [-0.05, 0) is 12.1 Å². The van der Waals surface area contributed by atoms with E-state index in [4.69, 9.17) is 16.3 Å². The first kappa shape index (κ1) is 9.68. The lowest BCUT2D eigenvalue weighted by Crippen LogP contribution is -1.90. The smallest absolute Gasteiger partial charge is 0.146 e. The van der Waals surface area contributed by atoms with Crippen molar-refractivity contribution >= 4 is 38.4 Å². The number of aromatic nitrogens is 2. The Labute approximate surface area is 94.2 Å². The quantitative estimate of drug-likeness (QED) is 0.749. The van der Waals surface area contributed by atoms with Crippen molar-refractivity contribution in [2.75, 3.05) is 7.11 Å². The molecule has 5 heteroatoms. The third-order valence-electron chi connectivity index (χ3n) is 1.84. The molecule has 0 fully saturated rings. The van der Waals surface area contributed by atoms with Gasteiger partial charge in [-0.25, -0.2) is 9.97 Å². The van der Waals surface area contributed by atoms with Crippen LogP contribution in [0, 0.1) is 0 Å². The molecule has 0 saturated carbocycles. The van der Waals surface area contributed by atoms with Gasteiger partial charge in [-0.3, -0.25) is 0 Å². The minimum Gasteiger partial charge on any atom is -0.494 e. The van der Waals surface area contributed by atoms with Crippen molar-refractivity contribution in [2.24, 2.45) is 0 Å². The SMILES string of the molecule is COc1cc(Br)cc2c(Cl)ncnc12. The Balaban J connectivity index is 2.87. The number of halogens is 2. The molecule has 0 aliphatic carbocycles. The van der Waals surface area contributed by atoms with Crippen LogP contribution in [0.15, 0.2) is 22.9 Å². The fraction of sp³-hybridized carbons (Fsp3) is 0.111. The van der Waals surface area contributed by atoms with E-state index in [0.29, 0.717) is 10.9 Å². The summed E-state index contributed by atoms with van der Waals surface area (Å²) in [5.74, 6) is 0.679. The minimum atomic E-state index is 0.426. The van der Waals surface area contributed by atoms with Gasteiger partial charge in [-0.2, -0.15) is 0 Å². The van der Waals surface area contributed by atoms with Crippen LogP contribution in [0.5, 0.6) is 5.75 Å². The number of fused-ring (bicyclic) bond motifs is 1. The van der Waals surface area contributed by atoms with Crippen molar-refractivity contribution < 1.29 is 4.74 Å². The Morgan fingerprint density at radius 1 is 1.36 bits per heavy atom. The second kappa shape index (κ2) is 3.71. The molecule has 0 bridgehead atoms. The highest BCUT2D eigenvalue weighted by Gasteiger charge is 2.07. The molecule has 0 aliphatic rings. The van der Waals surface area contributed by atoms with Gasteiger partial charge in [0.1, 0.15) is 22.7 Å². The predicted molar refractivity (Wildman–Crippen MR) is 58.8 cm³/mol. The highest BCUT2D eigenvalue weighted by molar-refractivity contribution is 9.10. The summed E-state index contributed by atoms with van der Waals surface area (Å²) in [7, 11) is 1.59. The van der Waals surface area contributed by atoms with Gasteiger partial charge in [0, 0.05) is 9.86 Å². The van der Waals surface area contributed by atoms with Crippen molar-refractivity contribution in [3.63, 3.8) is 0 Å². The number of ether oxygens (including phenoxy) is 1. The third-order valence-corrected chi connectivity index (χ3v) is 2.60. The molecule has 2 aromatic rings. The molecule has 0 unspecified atom stereocenters. The van der Waals surface area contributed by atoms with Crippen LogP contribution in [0.1, 0.15) is 0 Å². The maximum absolute atomic E-state index is 5.93. The molecule has 1 aromatic heterocycles. The maximum atomic E-state index is 5.93. The lowest BCUT2D eigenvalue weighted by atomic mass is 10.2. The lowest BCUT2D eigenvalue weighted by molar-refractivity contribution is 0.418. The summed E-state index contributed by atoms with van der Waals surface area (Å²) in [5, 5.41) is 1.20. The van der Waals surface area contributed by atoms with Crippen LogP contribution in [0.25, 0.3) is 10.9 Å². The molecule has 0 saturated heterocycles. The van der Waals surface area contributed by atoms with Crippen molar-refractivity contribution in [1.82, 2.24) is 9.97 Å². The Morgan fingerprint density at radius 2 is 2.14 bits per heavy atom. The van der Waals surface area contributed by atoms with Crippen LogP contribution in [0.2, 0.25) is 5.15 Å². The number of methoxy groups -OCH3 is 1. The first-order valence-electron chi connectivity index (χ1n) is 3.86. The zero-order valence-electron chi connectivity index (χ0n) is 7.29. The van der Waals surface area contributed by atoms with Crippen LogP contribution in [0.3, 0.4) is 0 Å². The number of benzene rings is 1. The summed E-state index contributed by atoms with van der Waals surface area (Å²) in [4.78, 5) is 8.01. The summed E-state index contributed by atoms with van der Waals surface area (Å²) in [5.41, 5.74) is 0.718. The van der Waals surface area contributed by atoms with E-state index >= 15 is 0 Å². The van der Waals surface area contributed by atoms with Gasteiger partial charge in [0.2, 0.25) is 0 Å². The molecule has 0 atom stereocenters. The molecule has 1 aromatic carbocycles. The van der Waals surface area contributed by atoms with Crippen molar-refractivity contribution in [3.8, 4) is 5.75 Å². The van der Waals surface area contributed by atoms with Crippen LogP contribution >= 0.6 is 27.5 Å². The minimum absolute atomic E-state index is 0.426. The monoisotopic (exact) mass is 272 g/mol. The van der Waals surface area contributed by atoms with E-state index in [0.717, 1.165) is 15.4 Å². The normalized spacial score (nSPS) is 10.5. The van der Waals surface area contributed by atoms with Crippen LogP contribution < -0.4 is 4.74 Å². The fourth-order valence-corrected chi connectivity index (χ4v) is 1.85. The first-order valence-corrected chi connectivity index (χ1v) is 5.03. The average Bonchev–Trinajstić information content (AvgIpc) is 2.18. The standard InChI is InChI=1S/C9H6BrClN2O/c1-14-7-3-5(10)2-6-8(7)12-4-13-9(6)11/h2-4H,1H3. The summed E-state index contributed by atoms with van der Waals surface area (Å²) in [6.45, 7) is 0. The van der Waals surface area contributed by atoms with Crippen molar-refractivity contribution in [3.05, 3.63) is 28.1 Å². The average molecular weight is 274 g/mol. The molecule has 0 spiro atoms. The van der Waals surface area contributed by atoms with Crippen LogP contribution in [0.4, 0.5) is 0 Å². The van der Waals surface area contributed by atoms with Gasteiger partial charge >= 0.3 is 0 Å². The summed E-state index contributed by atoms with van der Waals surface area (Å²) < 4.78 is 6.07. The molecular weight excluding hydrogens is 267 g/mol. The molecule has 0 N–H and O–H groups in total. The Bertz CT molecular complexity index is 489. The topological polar surface area (TPSA) is 35.0 Å². The second-order valence-electron chi connectivity index (χ2n) is 2.67. The van der Waals surface area contributed by atoms with Gasteiger partial charge in [-0.15, -0.1) is 0 Å². The van der Waals surface area contributed by atoms with E-state index in [1.165, 1.54) is 6.33 Å². The van der Waals surface area contributed by atoms with E-state index in [-0.39, 0.29) is 0 Å². The van der Waals surface area contributed by atoms with Gasteiger partial charge in [0.05, 0.1) is 7.11 Å². The molecule has 72 valence electrons. The molecule has 2 rings (SSSR count). The fourth-order valence-electron chi connectivity index (χ4n) is 1.23. The molecule has 0 aliphatic heterocycles. The summed E-state index contributed by atoms with van der Waals surface area (Å²) in [6, 6.07) is 3.70. The molecule has 0 amide bonds. The first-order chi connectivity index (χ1) is 6.72. The highest BCUT2D eigenvalue weighted by Crippen LogP contribution is 2.31. The number of hydrogen-bond donors (Lipinski definition) is 0. The number of nitrogens with zero attached hydrogens (tertiary/aromatic N) is 2. The van der Waals surface area contributed by atoms with Crippen LogP contribution in [-0.4, -0.2) is 17.1 Å². The van der Waals surface area contributed by atoms with Gasteiger partial charge in [0.15, 0.2) is 0 Å². The largest absolute Gasteiger partial charge is 0.494 e. The molecule has 14 heavy (non-hydrogen) atoms. The Morgan fingerprint density at radius 3 is 2.86 bits per heavy atom. The second-order valence-corrected chi connectivity index (χ2v) is 3.94.